The molecule has 0 heterocycles. The van der Waals surface area contributed by atoms with Gasteiger partial charge in [0.05, 0.1) is 0 Å². The van der Waals surface area contributed by atoms with Crippen LogP contribution in [0.2, 0.25) is 0 Å². The largest absolute Gasteiger partial charge is 0.376 e. The highest BCUT2D eigenvalue weighted by Gasteiger charge is 2.12. The number of hydrogen-bond donors (Lipinski definition) is 3. The molecule has 1 aromatic carbocycles. The first-order valence-corrected chi connectivity index (χ1v) is 5.27. The van der Waals surface area contributed by atoms with Gasteiger partial charge in [-0.3, -0.25) is 9.59 Å². The number of anilines is 2. The van der Waals surface area contributed by atoms with Gasteiger partial charge in [0.25, 0.3) is 0 Å². The molecule has 1 aromatic rings. The predicted octanol–water partition coefficient (Wildman–Crippen LogP) is 1.27. The summed E-state index contributed by atoms with van der Waals surface area (Å²) in [4.78, 5) is 22.0. The Morgan fingerprint density at radius 3 is 2.39 bits per heavy atom. The van der Waals surface area contributed by atoms with Gasteiger partial charge in [0.1, 0.15) is 6.10 Å². The molecule has 1 atom stereocenters. The van der Waals surface area contributed by atoms with Crippen molar-refractivity contribution in [3.8, 4) is 12.3 Å². The Kier molecular flexibility index (Phi) is 4.46. The molecule has 1 unspecified atom stereocenters. The minimum atomic E-state index is -1.11. The number of amides is 2. The Bertz CT molecular complexity index is 517. The van der Waals surface area contributed by atoms with Crippen LogP contribution in [0, 0.1) is 12.3 Å². The lowest BCUT2D eigenvalue weighted by molar-refractivity contribution is -0.115. The molecule has 2 amide bonds. The van der Waals surface area contributed by atoms with E-state index in [1.54, 1.807) is 18.2 Å². The van der Waals surface area contributed by atoms with Gasteiger partial charge in [0.15, 0.2) is 0 Å². The molecular formula is C13H14N2O3. The first kappa shape index (κ1) is 13.7. The number of hydrogen-bond acceptors (Lipinski definition) is 3. The summed E-state index contributed by atoms with van der Waals surface area (Å²) in [5.41, 5.74) is 1.29. The fourth-order valence-electron chi connectivity index (χ4n) is 1.46. The van der Waals surface area contributed by atoms with E-state index in [9.17, 15) is 14.7 Å². The number of aliphatic hydroxyl groups is 1. The van der Waals surface area contributed by atoms with Crippen LogP contribution in [0.25, 0.3) is 0 Å². The molecule has 5 heteroatoms. The minimum absolute atomic E-state index is 0.228. The third-order valence-electron chi connectivity index (χ3n) is 2.14. The second kappa shape index (κ2) is 5.84. The fourth-order valence-corrected chi connectivity index (χ4v) is 1.46. The van der Waals surface area contributed by atoms with Crippen LogP contribution in [0.4, 0.5) is 11.4 Å². The number of terminal acetylenes is 1. The second-order valence-corrected chi connectivity index (χ2v) is 3.73. The molecule has 0 fully saturated rings. The van der Waals surface area contributed by atoms with Crippen molar-refractivity contribution in [1.29, 1.82) is 0 Å². The molecule has 18 heavy (non-hydrogen) atoms. The van der Waals surface area contributed by atoms with E-state index in [-0.39, 0.29) is 11.8 Å². The highest BCUT2D eigenvalue weighted by molar-refractivity contribution is 5.93. The number of carbonyl (C=O) groups excluding carboxylic acids is 2. The van der Waals surface area contributed by atoms with Crippen LogP contribution in [0.5, 0.6) is 0 Å². The summed E-state index contributed by atoms with van der Waals surface area (Å²) in [5.74, 6) is 1.65. The highest BCUT2D eigenvalue weighted by Crippen LogP contribution is 2.26. The SMILES string of the molecule is C#CC(O)c1ccc(NC(C)=O)cc1NC(C)=O. The maximum Gasteiger partial charge on any atom is 0.221 e. The van der Waals surface area contributed by atoms with Gasteiger partial charge in [-0.25, -0.2) is 0 Å². The molecule has 0 aliphatic carbocycles. The van der Waals surface area contributed by atoms with Crippen molar-refractivity contribution < 1.29 is 14.7 Å². The van der Waals surface area contributed by atoms with E-state index in [1.807, 2.05) is 0 Å². The molecule has 0 aliphatic rings. The van der Waals surface area contributed by atoms with Gasteiger partial charge < -0.3 is 15.7 Å². The molecule has 0 saturated heterocycles. The highest BCUT2D eigenvalue weighted by atomic mass is 16.3. The van der Waals surface area contributed by atoms with E-state index in [1.165, 1.54) is 13.8 Å². The molecule has 0 aromatic heterocycles. The number of benzene rings is 1. The molecule has 0 spiro atoms. The van der Waals surface area contributed by atoms with Crippen LogP contribution in [0.3, 0.4) is 0 Å². The number of rotatable bonds is 3. The standard InChI is InChI=1S/C13H14N2O3/c1-4-13(18)11-6-5-10(14-8(2)16)7-12(11)15-9(3)17/h1,5-7,13,18H,2-3H3,(H,14,16)(H,15,17). The van der Waals surface area contributed by atoms with E-state index in [2.05, 4.69) is 16.6 Å². The normalized spacial score (nSPS) is 11.2. The third-order valence-corrected chi connectivity index (χ3v) is 2.14. The van der Waals surface area contributed by atoms with Gasteiger partial charge >= 0.3 is 0 Å². The van der Waals surface area contributed by atoms with Crippen LogP contribution in [0.15, 0.2) is 18.2 Å². The molecule has 94 valence electrons. The first-order valence-electron chi connectivity index (χ1n) is 5.27. The summed E-state index contributed by atoms with van der Waals surface area (Å²) in [6, 6.07) is 4.70. The zero-order valence-electron chi connectivity index (χ0n) is 10.2. The Morgan fingerprint density at radius 1 is 1.28 bits per heavy atom. The smallest absolute Gasteiger partial charge is 0.221 e. The molecular weight excluding hydrogens is 232 g/mol. The topological polar surface area (TPSA) is 78.4 Å². The molecule has 1 rings (SSSR count). The molecule has 0 bridgehead atoms. The average Bonchev–Trinajstić information content (AvgIpc) is 2.26. The number of carbonyl (C=O) groups is 2. The summed E-state index contributed by atoms with van der Waals surface area (Å²) in [7, 11) is 0. The van der Waals surface area contributed by atoms with Crippen molar-refractivity contribution in [2.75, 3.05) is 10.6 Å². The van der Waals surface area contributed by atoms with Crippen molar-refractivity contribution in [3.05, 3.63) is 23.8 Å². The Balaban J connectivity index is 3.16. The lowest BCUT2D eigenvalue weighted by Gasteiger charge is -2.13. The van der Waals surface area contributed by atoms with Gasteiger partial charge in [-0.2, -0.15) is 0 Å². The van der Waals surface area contributed by atoms with Crippen LogP contribution in [-0.4, -0.2) is 16.9 Å². The van der Waals surface area contributed by atoms with Crippen molar-refractivity contribution >= 4 is 23.2 Å². The Hall–Kier alpha value is -2.32. The summed E-state index contributed by atoms with van der Waals surface area (Å²) in [5, 5.41) is 14.8. The number of aliphatic hydroxyl groups excluding tert-OH is 1. The Labute approximate surface area is 105 Å². The zero-order valence-corrected chi connectivity index (χ0v) is 10.2. The minimum Gasteiger partial charge on any atom is -0.376 e. The quantitative estimate of drug-likeness (QED) is 0.703. The second-order valence-electron chi connectivity index (χ2n) is 3.73. The van der Waals surface area contributed by atoms with E-state index in [0.717, 1.165) is 0 Å². The maximum absolute atomic E-state index is 11.1. The van der Waals surface area contributed by atoms with Gasteiger partial charge in [-0.15, -0.1) is 6.42 Å². The van der Waals surface area contributed by atoms with Crippen LogP contribution < -0.4 is 10.6 Å². The molecule has 0 saturated carbocycles. The van der Waals surface area contributed by atoms with E-state index in [4.69, 9.17) is 6.42 Å². The summed E-state index contributed by atoms with van der Waals surface area (Å²) >= 11 is 0. The van der Waals surface area contributed by atoms with Crippen molar-refractivity contribution in [1.82, 2.24) is 0 Å². The lowest BCUT2D eigenvalue weighted by Crippen LogP contribution is -2.11. The molecule has 5 nitrogen and oxygen atoms in total. The molecule has 0 aliphatic heterocycles. The number of nitrogens with one attached hydrogen (secondary N) is 2. The van der Waals surface area contributed by atoms with Crippen molar-refractivity contribution in [2.24, 2.45) is 0 Å². The van der Waals surface area contributed by atoms with Gasteiger partial charge in [0.2, 0.25) is 11.8 Å². The van der Waals surface area contributed by atoms with Crippen LogP contribution in [-0.2, 0) is 9.59 Å². The lowest BCUT2D eigenvalue weighted by atomic mass is 10.1. The van der Waals surface area contributed by atoms with Crippen molar-refractivity contribution in [2.45, 2.75) is 20.0 Å². The van der Waals surface area contributed by atoms with Gasteiger partial charge in [-0.1, -0.05) is 12.0 Å². The van der Waals surface area contributed by atoms with E-state index >= 15 is 0 Å². The van der Waals surface area contributed by atoms with Crippen LogP contribution in [0.1, 0.15) is 25.5 Å². The third kappa shape index (κ3) is 3.61. The molecule has 0 radical (unpaired) electrons. The fraction of sp³-hybridized carbons (Fsp3) is 0.231. The molecule has 3 N–H and O–H groups in total. The van der Waals surface area contributed by atoms with Gasteiger partial charge in [0, 0.05) is 30.8 Å². The monoisotopic (exact) mass is 246 g/mol. The Morgan fingerprint density at radius 2 is 1.89 bits per heavy atom. The van der Waals surface area contributed by atoms with Crippen molar-refractivity contribution in [3.63, 3.8) is 0 Å². The predicted molar refractivity (Wildman–Crippen MR) is 68.8 cm³/mol. The van der Waals surface area contributed by atoms with Crippen LogP contribution >= 0.6 is 0 Å². The summed E-state index contributed by atoms with van der Waals surface area (Å²) in [6.45, 7) is 2.72. The maximum atomic E-state index is 11.1. The zero-order chi connectivity index (χ0) is 13.7. The van der Waals surface area contributed by atoms with Gasteiger partial charge in [-0.05, 0) is 12.1 Å². The summed E-state index contributed by atoms with van der Waals surface area (Å²) in [6.07, 6.45) is 4.03. The first-order chi connectivity index (χ1) is 8.43. The average molecular weight is 246 g/mol. The van der Waals surface area contributed by atoms with E-state index < -0.39 is 6.10 Å². The summed E-state index contributed by atoms with van der Waals surface area (Å²) < 4.78 is 0. The van der Waals surface area contributed by atoms with E-state index in [0.29, 0.717) is 16.9 Å².